The molecule has 0 spiro atoms. The molecule has 3 aromatic heterocycles. The highest BCUT2D eigenvalue weighted by Gasteiger charge is 2.43. The second-order valence-electron chi connectivity index (χ2n) is 13.5. The molecule has 1 aliphatic rings. The Hall–Kier alpha value is -5.93. The van der Waals surface area contributed by atoms with Crippen LogP contribution in [0.2, 0.25) is 0 Å². The number of pyridine rings is 1. The molecular formula is C36H44N8O8. The van der Waals surface area contributed by atoms with Crippen molar-refractivity contribution in [1.29, 1.82) is 0 Å². The third kappa shape index (κ3) is 9.64. The molecule has 16 heteroatoms. The van der Waals surface area contributed by atoms with E-state index in [0.717, 1.165) is 16.5 Å². The van der Waals surface area contributed by atoms with Crippen LogP contribution in [0.25, 0.3) is 10.9 Å². The predicted octanol–water partition coefficient (Wildman–Crippen LogP) is 1.94. The van der Waals surface area contributed by atoms with Crippen LogP contribution in [-0.2, 0) is 53.3 Å². The molecule has 0 unspecified atom stereocenters. The fourth-order valence-corrected chi connectivity index (χ4v) is 6.07. The number of alkyl carbamates (subject to hydrolysis) is 1. The first kappa shape index (κ1) is 37.3. The average molecular weight is 717 g/mol. The van der Waals surface area contributed by atoms with Gasteiger partial charge in [0.15, 0.2) is 0 Å². The minimum absolute atomic E-state index is 0.0344. The van der Waals surface area contributed by atoms with E-state index in [9.17, 15) is 24.0 Å². The van der Waals surface area contributed by atoms with Gasteiger partial charge in [0.05, 0.1) is 19.1 Å². The summed E-state index contributed by atoms with van der Waals surface area (Å²) in [5.74, 6) is -2.65. The number of ether oxygens (including phenoxy) is 3. The summed E-state index contributed by atoms with van der Waals surface area (Å²) in [7, 11) is 3.02. The van der Waals surface area contributed by atoms with Crippen molar-refractivity contribution in [3.63, 3.8) is 0 Å². The number of H-pyrrole nitrogens is 1. The Kier molecular flexibility index (Phi) is 11.8. The van der Waals surface area contributed by atoms with Crippen LogP contribution in [0.1, 0.15) is 38.4 Å². The van der Waals surface area contributed by atoms with Crippen LogP contribution >= 0.6 is 0 Å². The molecule has 16 nitrogen and oxygen atoms in total. The van der Waals surface area contributed by atoms with Crippen LogP contribution in [0, 0.1) is 0 Å². The summed E-state index contributed by atoms with van der Waals surface area (Å²) in [6.07, 6.45) is 6.95. The zero-order chi connectivity index (χ0) is 37.4. The number of amides is 3. The van der Waals surface area contributed by atoms with Crippen molar-refractivity contribution in [1.82, 2.24) is 35.5 Å². The first-order valence-electron chi connectivity index (χ1n) is 16.8. The number of hydrogen-bond donors (Lipinski definition) is 4. The van der Waals surface area contributed by atoms with Crippen LogP contribution in [0.3, 0.4) is 0 Å². The Bertz CT molecular complexity index is 1890. The Morgan fingerprint density at radius 2 is 1.77 bits per heavy atom. The van der Waals surface area contributed by atoms with E-state index in [1.54, 1.807) is 80.5 Å². The summed E-state index contributed by atoms with van der Waals surface area (Å²) in [6.45, 7) is 4.90. The predicted molar refractivity (Wildman–Crippen MR) is 189 cm³/mol. The molecule has 1 aliphatic heterocycles. The van der Waals surface area contributed by atoms with Gasteiger partial charge in [-0.15, -0.1) is 0 Å². The molecule has 4 N–H and O–H groups in total. The maximum absolute atomic E-state index is 14.1. The molecule has 276 valence electrons. The Morgan fingerprint density at radius 1 is 1.02 bits per heavy atom. The van der Waals surface area contributed by atoms with Gasteiger partial charge >= 0.3 is 18.0 Å². The number of carbonyl (C=O) groups excluding carboxylic acids is 5. The van der Waals surface area contributed by atoms with Gasteiger partial charge in [-0.3, -0.25) is 19.4 Å². The fraction of sp³-hybridized carbons (Fsp3) is 0.417. The summed E-state index contributed by atoms with van der Waals surface area (Å²) < 4.78 is 17.9. The number of aromatic amines is 1. The van der Waals surface area contributed by atoms with E-state index in [4.69, 9.17) is 14.2 Å². The highest BCUT2D eigenvalue weighted by atomic mass is 16.6. The van der Waals surface area contributed by atoms with Crippen molar-refractivity contribution in [3.05, 3.63) is 78.8 Å². The minimum atomic E-state index is -1.11. The summed E-state index contributed by atoms with van der Waals surface area (Å²) >= 11 is 0. The van der Waals surface area contributed by atoms with Gasteiger partial charge in [-0.1, -0.05) is 18.2 Å². The number of methoxy groups -OCH3 is 1. The first-order chi connectivity index (χ1) is 24.8. The van der Waals surface area contributed by atoms with Gasteiger partial charge in [0.2, 0.25) is 11.8 Å². The van der Waals surface area contributed by atoms with E-state index in [1.165, 1.54) is 7.11 Å². The summed E-state index contributed by atoms with van der Waals surface area (Å²) in [5.41, 5.74) is 2.09. The average Bonchev–Trinajstić information content (AvgIpc) is 3.84. The molecule has 4 aromatic rings. The standard InChI is InChI=1S/C36H44N8O8/c1-36(2,3)52-35(49)42-27(17-23-20-43(4)21-40-23)32(46)39-19-30(45)51-29-12-15-44(24-10-13-37-14-11-24)31(29)33(47)41-28(34(48)50-5)16-22-18-38-26-9-7-6-8-25(22)26/h6-11,13-14,18,20-21,27-29,31,38H,12,15-17,19H2,1-5H3,(H,39,46)(H,41,47)(H,42,49)/t27-,28-,29-,31-/m0/s1. The quantitative estimate of drug-likeness (QED) is 0.117. The molecule has 0 saturated carbocycles. The van der Waals surface area contributed by atoms with Crippen LogP contribution in [-0.4, -0.2) is 99.4 Å². The van der Waals surface area contributed by atoms with Crippen molar-refractivity contribution < 1.29 is 38.2 Å². The summed E-state index contributed by atoms with van der Waals surface area (Å²) in [5, 5.41) is 8.82. The van der Waals surface area contributed by atoms with Gasteiger partial charge in [0.1, 0.15) is 36.4 Å². The number of anilines is 1. The maximum Gasteiger partial charge on any atom is 0.408 e. The number of esters is 2. The van der Waals surface area contributed by atoms with Crippen LogP contribution < -0.4 is 20.9 Å². The lowest BCUT2D eigenvalue weighted by atomic mass is 10.0. The van der Waals surface area contributed by atoms with Gasteiger partial charge in [0.25, 0.3) is 0 Å². The molecule has 5 rings (SSSR count). The van der Waals surface area contributed by atoms with E-state index < -0.39 is 66.2 Å². The Labute approximate surface area is 300 Å². The van der Waals surface area contributed by atoms with Crippen LogP contribution in [0.15, 0.2) is 67.5 Å². The van der Waals surface area contributed by atoms with Crippen LogP contribution in [0.5, 0.6) is 0 Å². The van der Waals surface area contributed by atoms with Gasteiger partial charge in [-0.05, 0) is 44.5 Å². The number of aromatic nitrogens is 4. The molecular weight excluding hydrogens is 672 g/mol. The van der Waals surface area contributed by atoms with E-state index in [-0.39, 0.29) is 19.3 Å². The molecule has 1 saturated heterocycles. The topological polar surface area (TPSA) is 199 Å². The zero-order valence-corrected chi connectivity index (χ0v) is 29.8. The molecule has 1 fully saturated rings. The van der Waals surface area contributed by atoms with Gasteiger partial charge < -0.3 is 44.6 Å². The van der Waals surface area contributed by atoms with E-state index in [0.29, 0.717) is 17.9 Å². The van der Waals surface area contributed by atoms with Crippen molar-refractivity contribution in [2.24, 2.45) is 7.05 Å². The number of rotatable bonds is 13. The van der Waals surface area contributed by atoms with E-state index in [2.05, 4.69) is 30.9 Å². The first-order valence-corrected chi connectivity index (χ1v) is 16.8. The molecule has 1 aromatic carbocycles. The van der Waals surface area contributed by atoms with Crippen molar-refractivity contribution >= 4 is 46.4 Å². The highest BCUT2D eigenvalue weighted by molar-refractivity contribution is 5.92. The minimum Gasteiger partial charge on any atom is -0.467 e. The smallest absolute Gasteiger partial charge is 0.408 e. The van der Waals surface area contributed by atoms with Crippen molar-refractivity contribution in [3.8, 4) is 0 Å². The second kappa shape index (κ2) is 16.4. The number of nitrogens with zero attached hydrogens (tertiary/aromatic N) is 4. The normalized spacial score (nSPS) is 16.8. The summed E-state index contributed by atoms with van der Waals surface area (Å²) in [4.78, 5) is 79.3. The number of aryl methyl sites for hydroxylation is 1. The number of benzene rings is 1. The lowest BCUT2D eigenvalue weighted by Crippen LogP contribution is -2.54. The van der Waals surface area contributed by atoms with Gasteiger partial charge in [-0.25, -0.2) is 14.6 Å². The van der Waals surface area contributed by atoms with Crippen LogP contribution in [0.4, 0.5) is 10.5 Å². The van der Waals surface area contributed by atoms with E-state index in [1.807, 2.05) is 24.3 Å². The molecule has 4 heterocycles. The Balaban J connectivity index is 1.28. The fourth-order valence-electron chi connectivity index (χ4n) is 6.07. The number of nitrogens with one attached hydrogen (secondary N) is 4. The number of para-hydroxylation sites is 1. The number of imidazole rings is 1. The van der Waals surface area contributed by atoms with Gasteiger partial charge in [-0.2, -0.15) is 0 Å². The van der Waals surface area contributed by atoms with Crippen molar-refractivity contribution in [2.45, 2.75) is 69.9 Å². The van der Waals surface area contributed by atoms with E-state index >= 15 is 0 Å². The molecule has 3 amide bonds. The third-order valence-corrected chi connectivity index (χ3v) is 8.38. The molecule has 0 bridgehead atoms. The van der Waals surface area contributed by atoms with Crippen molar-refractivity contribution in [2.75, 3.05) is 25.1 Å². The number of hydrogen-bond acceptors (Lipinski definition) is 11. The molecule has 0 radical (unpaired) electrons. The second-order valence-corrected chi connectivity index (χ2v) is 13.5. The largest absolute Gasteiger partial charge is 0.467 e. The lowest BCUT2D eigenvalue weighted by molar-refractivity contribution is -0.151. The zero-order valence-electron chi connectivity index (χ0n) is 29.8. The number of fused-ring (bicyclic) bond motifs is 1. The Morgan fingerprint density at radius 3 is 2.46 bits per heavy atom. The SMILES string of the molecule is COC(=O)[C@H](Cc1c[nH]c2ccccc12)NC(=O)[C@@H]1[C@@H](OC(=O)CNC(=O)[C@H](Cc2cn(C)cn2)NC(=O)OC(C)(C)C)CCN1c1ccncc1. The maximum atomic E-state index is 14.1. The monoisotopic (exact) mass is 716 g/mol. The summed E-state index contributed by atoms with van der Waals surface area (Å²) in [6, 6.07) is 7.89. The number of carbonyl (C=O) groups is 5. The molecule has 4 atom stereocenters. The molecule has 52 heavy (non-hydrogen) atoms. The third-order valence-electron chi connectivity index (χ3n) is 8.38. The lowest BCUT2D eigenvalue weighted by Gasteiger charge is -2.30. The molecule has 0 aliphatic carbocycles. The highest BCUT2D eigenvalue weighted by Crippen LogP contribution is 2.28. The van der Waals surface area contributed by atoms with Gasteiger partial charge in [0, 0.05) is 74.2 Å².